The van der Waals surface area contributed by atoms with Gasteiger partial charge in [-0.05, 0) is 66.6 Å². The van der Waals surface area contributed by atoms with Crippen LogP contribution in [0.1, 0.15) is 62.3 Å². The molecule has 2 aliphatic heterocycles. The Hall–Kier alpha value is -2.89. The lowest BCUT2D eigenvalue weighted by atomic mass is 9.87. The van der Waals surface area contributed by atoms with Gasteiger partial charge in [0.05, 0.1) is 6.04 Å². The summed E-state index contributed by atoms with van der Waals surface area (Å²) >= 11 is 0. The van der Waals surface area contributed by atoms with E-state index in [0.717, 1.165) is 49.0 Å². The predicted molar refractivity (Wildman–Crippen MR) is 121 cm³/mol. The summed E-state index contributed by atoms with van der Waals surface area (Å²) in [6.45, 7) is 5.97. The molecule has 5 nitrogen and oxygen atoms in total. The van der Waals surface area contributed by atoms with Crippen LogP contribution in [0.2, 0.25) is 0 Å². The molecule has 2 aliphatic rings. The Balaban J connectivity index is 1.67. The van der Waals surface area contributed by atoms with E-state index in [-0.39, 0.29) is 23.7 Å². The number of hydrogen-bond acceptors (Lipinski definition) is 3. The maximum Gasteiger partial charge on any atom is 0.263 e. The number of carbonyl (C=O) groups is 2. The summed E-state index contributed by atoms with van der Waals surface area (Å²) in [4.78, 5) is 29.3. The molecule has 1 fully saturated rings. The molecule has 2 aromatic carbocycles. The van der Waals surface area contributed by atoms with Gasteiger partial charge in [-0.2, -0.15) is 0 Å². The number of benzene rings is 2. The molecule has 0 aromatic heterocycles. The first-order valence-corrected chi connectivity index (χ1v) is 11.6. The molecule has 0 N–H and O–H groups in total. The van der Waals surface area contributed by atoms with Crippen molar-refractivity contribution in [2.75, 3.05) is 19.6 Å². The fourth-order valence-corrected chi connectivity index (χ4v) is 4.79. The van der Waals surface area contributed by atoms with Crippen LogP contribution in [0.15, 0.2) is 42.5 Å². The standard InChI is InChI=1S/C26H31FN2O3/c1-3-23(26(31)28-13-5-6-14-28)32-21-11-10-18-12-15-29(24(30)4-2)25(22(18)17-21)19-8-7-9-20(27)16-19/h7-11,16-17,23,25H,3-6,12-15H2,1-2H3/t23-,25-/m1/s1. The van der Waals surface area contributed by atoms with Crippen LogP contribution in [0.4, 0.5) is 4.39 Å². The summed E-state index contributed by atoms with van der Waals surface area (Å²) in [5.74, 6) is 0.350. The summed E-state index contributed by atoms with van der Waals surface area (Å²) in [6, 6.07) is 11.9. The normalized spacial score (nSPS) is 18.9. The molecule has 0 bridgehead atoms. The van der Waals surface area contributed by atoms with Crippen molar-refractivity contribution in [2.45, 2.75) is 58.1 Å². The van der Waals surface area contributed by atoms with Crippen LogP contribution in [0.3, 0.4) is 0 Å². The average Bonchev–Trinajstić information content (AvgIpc) is 3.35. The lowest BCUT2D eigenvalue weighted by molar-refractivity contribution is -0.137. The van der Waals surface area contributed by atoms with Crippen molar-refractivity contribution in [2.24, 2.45) is 0 Å². The first kappa shape index (κ1) is 22.3. The highest BCUT2D eigenvalue weighted by molar-refractivity contribution is 5.81. The second kappa shape index (κ2) is 9.72. The van der Waals surface area contributed by atoms with E-state index in [1.54, 1.807) is 6.07 Å². The third-order valence-electron chi connectivity index (χ3n) is 6.48. The molecule has 0 saturated carbocycles. The zero-order valence-electron chi connectivity index (χ0n) is 18.9. The smallest absolute Gasteiger partial charge is 0.263 e. The molecule has 0 spiro atoms. The molecule has 6 heteroatoms. The first-order chi connectivity index (χ1) is 15.5. The van der Waals surface area contributed by atoms with Crippen molar-refractivity contribution in [3.63, 3.8) is 0 Å². The van der Waals surface area contributed by atoms with Crippen molar-refractivity contribution in [1.82, 2.24) is 9.80 Å². The topological polar surface area (TPSA) is 49.9 Å². The quantitative estimate of drug-likeness (QED) is 0.668. The van der Waals surface area contributed by atoms with Crippen LogP contribution in [0.25, 0.3) is 0 Å². The highest BCUT2D eigenvalue weighted by Gasteiger charge is 2.33. The lowest BCUT2D eigenvalue weighted by Gasteiger charge is -2.38. The zero-order chi connectivity index (χ0) is 22.7. The molecule has 0 unspecified atom stereocenters. The molecule has 170 valence electrons. The van der Waals surface area contributed by atoms with Crippen LogP contribution in [0.5, 0.6) is 5.75 Å². The molecule has 32 heavy (non-hydrogen) atoms. The molecule has 0 aliphatic carbocycles. The van der Waals surface area contributed by atoms with Gasteiger partial charge in [-0.15, -0.1) is 0 Å². The van der Waals surface area contributed by atoms with Gasteiger partial charge in [0.15, 0.2) is 6.10 Å². The molecular formula is C26H31FN2O3. The molecule has 2 amide bonds. The Bertz CT molecular complexity index is 987. The maximum absolute atomic E-state index is 14.1. The van der Waals surface area contributed by atoms with E-state index in [1.165, 1.54) is 12.1 Å². The van der Waals surface area contributed by atoms with Gasteiger partial charge in [0.1, 0.15) is 11.6 Å². The fraction of sp³-hybridized carbons (Fsp3) is 0.462. The maximum atomic E-state index is 14.1. The second-order valence-corrected chi connectivity index (χ2v) is 8.56. The second-order valence-electron chi connectivity index (χ2n) is 8.56. The number of rotatable bonds is 6. The van der Waals surface area contributed by atoms with Crippen molar-refractivity contribution < 1.29 is 18.7 Å². The third-order valence-corrected chi connectivity index (χ3v) is 6.48. The monoisotopic (exact) mass is 438 g/mol. The molecule has 2 atom stereocenters. The van der Waals surface area contributed by atoms with Gasteiger partial charge in [0.2, 0.25) is 5.91 Å². The van der Waals surface area contributed by atoms with Gasteiger partial charge in [0, 0.05) is 26.1 Å². The molecule has 2 heterocycles. The Morgan fingerprint density at radius 1 is 1.09 bits per heavy atom. The minimum Gasteiger partial charge on any atom is -0.481 e. The molecule has 0 radical (unpaired) electrons. The van der Waals surface area contributed by atoms with E-state index in [4.69, 9.17) is 4.74 Å². The van der Waals surface area contributed by atoms with E-state index >= 15 is 0 Å². The van der Waals surface area contributed by atoms with Crippen molar-refractivity contribution in [3.05, 3.63) is 65.0 Å². The highest BCUT2D eigenvalue weighted by Crippen LogP contribution is 2.38. The molecule has 2 aromatic rings. The summed E-state index contributed by atoms with van der Waals surface area (Å²) in [5, 5.41) is 0. The van der Waals surface area contributed by atoms with Crippen LogP contribution in [-0.2, 0) is 16.0 Å². The van der Waals surface area contributed by atoms with Gasteiger partial charge in [-0.3, -0.25) is 9.59 Å². The summed E-state index contributed by atoms with van der Waals surface area (Å²) in [7, 11) is 0. The van der Waals surface area contributed by atoms with Gasteiger partial charge in [-0.1, -0.05) is 32.0 Å². The summed E-state index contributed by atoms with van der Waals surface area (Å²) in [5.41, 5.74) is 2.79. The highest BCUT2D eigenvalue weighted by atomic mass is 19.1. The Morgan fingerprint density at radius 3 is 2.56 bits per heavy atom. The number of halogens is 1. The number of carbonyl (C=O) groups excluding carboxylic acids is 2. The Labute approximate surface area is 189 Å². The lowest BCUT2D eigenvalue weighted by Crippen LogP contribution is -2.41. The van der Waals surface area contributed by atoms with Gasteiger partial charge < -0.3 is 14.5 Å². The van der Waals surface area contributed by atoms with E-state index in [2.05, 4.69) is 0 Å². The number of nitrogens with zero attached hydrogens (tertiary/aromatic N) is 2. The third kappa shape index (κ3) is 4.50. The van der Waals surface area contributed by atoms with Crippen molar-refractivity contribution in [1.29, 1.82) is 0 Å². The predicted octanol–water partition coefficient (Wildman–Crippen LogP) is 4.49. The van der Waals surface area contributed by atoms with Crippen LogP contribution in [0, 0.1) is 5.82 Å². The molecule has 4 rings (SSSR count). The van der Waals surface area contributed by atoms with Crippen LogP contribution >= 0.6 is 0 Å². The zero-order valence-corrected chi connectivity index (χ0v) is 18.9. The minimum absolute atomic E-state index is 0.0341. The first-order valence-electron chi connectivity index (χ1n) is 11.6. The van der Waals surface area contributed by atoms with Crippen LogP contribution in [-0.4, -0.2) is 47.4 Å². The Kier molecular flexibility index (Phi) is 6.77. The van der Waals surface area contributed by atoms with Crippen molar-refractivity contribution >= 4 is 11.8 Å². The van der Waals surface area contributed by atoms with E-state index in [0.29, 0.717) is 25.1 Å². The molecule has 1 saturated heterocycles. The molecular weight excluding hydrogens is 407 g/mol. The number of hydrogen-bond donors (Lipinski definition) is 0. The number of likely N-dealkylation sites (tertiary alicyclic amines) is 1. The summed E-state index contributed by atoms with van der Waals surface area (Å²) in [6.07, 6.45) is 3.25. The van der Waals surface area contributed by atoms with Gasteiger partial charge in [0.25, 0.3) is 5.91 Å². The average molecular weight is 439 g/mol. The number of fused-ring (bicyclic) bond motifs is 1. The minimum atomic E-state index is -0.532. The van der Waals surface area contributed by atoms with E-state index < -0.39 is 6.10 Å². The number of ether oxygens (including phenoxy) is 1. The van der Waals surface area contributed by atoms with Gasteiger partial charge in [-0.25, -0.2) is 4.39 Å². The fourth-order valence-electron chi connectivity index (χ4n) is 4.79. The van der Waals surface area contributed by atoms with E-state index in [1.807, 2.05) is 47.9 Å². The van der Waals surface area contributed by atoms with E-state index in [9.17, 15) is 14.0 Å². The largest absolute Gasteiger partial charge is 0.481 e. The number of amides is 2. The van der Waals surface area contributed by atoms with Crippen molar-refractivity contribution in [3.8, 4) is 5.75 Å². The van der Waals surface area contributed by atoms with Crippen LogP contribution < -0.4 is 4.74 Å². The SMILES string of the molecule is CCC(=O)N1CCc2ccc(O[C@H](CC)C(=O)N3CCCC3)cc2[C@H]1c1cccc(F)c1. The van der Waals surface area contributed by atoms with Gasteiger partial charge >= 0.3 is 0 Å². The summed E-state index contributed by atoms with van der Waals surface area (Å²) < 4.78 is 20.2. The Morgan fingerprint density at radius 2 is 1.88 bits per heavy atom.